The standard InChI is InChI=1S/C9H9ClINO2/c1-5(9(13)14)12-6-2-3-8(11)7(10)4-6/h2-5,12H,1H3,(H,13,14)/t5-/m0/s1. The highest BCUT2D eigenvalue weighted by Crippen LogP contribution is 2.22. The van der Waals surface area contributed by atoms with Crippen molar-refractivity contribution >= 4 is 45.8 Å². The molecule has 2 N–H and O–H groups in total. The lowest BCUT2D eigenvalue weighted by Gasteiger charge is -2.11. The van der Waals surface area contributed by atoms with Gasteiger partial charge in [0.05, 0.1) is 5.02 Å². The molecule has 0 saturated heterocycles. The third-order valence-electron chi connectivity index (χ3n) is 1.67. The van der Waals surface area contributed by atoms with Gasteiger partial charge in [0, 0.05) is 9.26 Å². The van der Waals surface area contributed by atoms with Crippen LogP contribution < -0.4 is 5.32 Å². The Bertz CT molecular complexity index is 357. The maximum Gasteiger partial charge on any atom is 0.325 e. The van der Waals surface area contributed by atoms with Crippen molar-refractivity contribution in [2.24, 2.45) is 0 Å². The first-order valence-electron chi connectivity index (χ1n) is 3.95. The second kappa shape index (κ2) is 4.84. The highest BCUT2D eigenvalue weighted by atomic mass is 127. The SMILES string of the molecule is C[C@H](Nc1ccc(I)c(Cl)c1)C(=O)O. The molecule has 0 aliphatic carbocycles. The Balaban J connectivity index is 2.78. The zero-order valence-corrected chi connectivity index (χ0v) is 10.3. The predicted octanol–water partition coefficient (Wildman–Crippen LogP) is 2.83. The first kappa shape index (κ1) is 11.6. The molecule has 1 rings (SSSR count). The van der Waals surface area contributed by atoms with Crippen LogP contribution in [-0.4, -0.2) is 17.1 Å². The van der Waals surface area contributed by atoms with Gasteiger partial charge in [0.15, 0.2) is 0 Å². The van der Waals surface area contributed by atoms with E-state index in [0.29, 0.717) is 10.7 Å². The fraction of sp³-hybridized carbons (Fsp3) is 0.222. The summed E-state index contributed by atoms with van der Waals surface area (Å²) in [5.41, 5.74) is 0.713. The summed E-state index contributed by atoms with van der Waals surface area (Å²) in [6.45, 7) is 1.58. The van der Waals surface area contributed by atoms with Crippen molar-refractivity contribution in [3.05, 3.63) is 26.8 Å². The number of anilines is 1. The lowest BCUT2D eigenvalue weighted by atomic mass is 10.2. The van der Waals surface area contributed by atoms with E-state index in [2.05, 4.69) is 27.9 Å². The summed E-state index contributed by atoms with van der Waals surface area (Å²) >= 11 is 7.99. The van der Waals surface area contributed by atoms with Crippen molar-refractivity contribution < 1.29 is 9.90 Å². The number of rotatable bonds is 3. The van der Waals surface area contributed by atoms with Crippen molar-refractivity contribution in [3.63, 3.8) is 0 Å². The number of hydrogen-bond donors (Lipinski definition) is 2. The topological polar surface area (TPSA) is 49.3 Å². The number of benzene rings is 1. The first-order chi connectivity index (χ1) is 6.50. The maximum absolute atomic E-state index is 10.6. The molecule has 0 aromatic heterocycles. The molecule has 0 aliphatic heterocycles. The number of carboxylic acids is 1. The van der Waals surface area contributed by atoms with Crippen LogP contribution in [0.4, 0.5) is 5.69 Å². The van der Waals surface area contributed by atoms with Gasteiger partial charge in [-0.25, -0.2) is 0 Å². The molecule has 5 heteroatoms. The van der Waals surface area contributed by atoms with Crippen molar-refractivity contribution in [3.8, 4) is 0 Å². The van der Waals surface area contributed by atoms with E-state index in [9.17, 15) is 4.79 Å². The normalized spacial score (nSPS) is 12.2. The Hall–Kier alpha value is -0.490. The van der Waals surface area contributed by atoms with Gasteiger partial charge in [-0.1, -0.05) is 11.6 Å². The highest BCUT2D eigenvalue weighted by molar-refractivity contribution is 14.1. The summed E-state index contributed by atoms with van der Waals surface area (Å²) in [5, 5.41) is 12.1. The minimum atomic E-state index is -0.889. The second-order valence-corrected chi connectivity index (χ2v) is 4.40. The first-order valence-corrected chi connectivity index (χ1v) is 5.41. The van der Waals surface area contributed by atoms with E-state index < -0.39 is 12.0 Å². The van der Waals surface area contributed by atoms with Crippen LogP contribution in [0.1, 0.15) is 6.92 Å². The number of carboxylic acid groups (broad SMARTS) is 1. The number of hydrogen-bond acceptors (Lipinski definition) is 2. The Morgan fingerprint density at radius 2 is 2.29 bits per heavy atom. The monoisotopic (exact) mass is 325 g/mol. The van der Waals surface area contributed by atoms with Crippen LogP contribution in [0, 0.1) is 3.57 Å². The molecule has 3 nitrogen and oxygen atoms in total. The molecule has 0 spiro atoms. The van der Waals surface area contributed by atoms with E-state index in [1.807, 2.05) is 6.07 Å². The molecule has 76 valence electrons. The predicted molar refractivity (Wildman–Crippen MR) is 64.9 cm³/mol. The summed E-state index contributed by atoms with van der Waals surface area (Å²) in [5.74, 6) is -0.889. The van der Waals surface area contributed by atoms with Crippen molar-refractivity contribution in [2.75, 3.05) is 5.32 Å². The van der Waals surface area contributed by atoms with Crippen LogP contribution in [0.25, 0.3) is 0 Å². The minimum Gasteiger partial charge on any atom is -0.480 e. The van der Waals surface area contributed by atoms with E-state index in [1.165, 1.54) is 0 Å². The van der Waals surface area contributed by atoms with Crippen LogP contribution in [0.5, 0.6) is 0 Å². The van der Waals surface area contributed by atoms with E-state index in [4.69, 9.17) is 16.7 Å². The average Bonchev–Trinajstić information content (AvgIpc) is 2.11. The van der Waals surface area contributed by atoms with Crippen LogP contribution in [0.3, 0.4) is 0 Å². The summed E-state index contributed by atoms with van der Waals surface area (Å²) in [4.78, 5) is 10.6. The summed E-state index contributed by atoms with van der Waals surface area (Å²) in [6, 6.07) is 4.72. The summed E-state index contributed by atoms with van der Waals surface area (Å²) in [7, 11) is 0. The van der Waals surface area contributed by atoms with E-state index in [0.717, 1.165) is 3.57 Å². The molecular formula is C9H9ClINO2. The van der Waals surface area contributed by atoms with Crippen molar-refractivity contribution in [1.82, 2.24) is 0 Å². The fourth-order valence-electron chi connectivity index (χ4n) is 0.898. The Labute approximate surface area is 101 Å². The lowest BCUT2D eigenvalue weighted by molar-refractivity contribution is -0.137. The van der Waals surface area contributed by atoms with E-state index >= 15 is 0 Å². The number of halogens is 2. The molecule has 0 amide bonds. The Morgan fingerprint density at radius 1 is 1.64 bits per heavy atom. The lowest BCUT2D eigenvalue weighted by Crippen LogP contribution is -2.25. The van der Waals surface area contributed by atoms with Gasteiger partial charge in [0.1, 0.15) is 6.04 Å². The molecule has 1 aromatic carbocycles. The fourth-order valence-corrected chi connectivity index (χ4v) is 1.41. The van der Waals surface area contributed by atoms with Gasteiger partial charge >= 0.3 is 5.97 Å². The third kappa shape index (κ3) is 3.02. The zero-order valence-electron chi connectivity index (χ0n) is 7.42. The Morgan fingerprint density at radius 3 is 2.79 bits per heavy atom. The molecule has 1 atom stereocenters. The second-order valence-electron chi connectivity index (χ2n) is 2.83. The molecular weight excluding hydrogens is 316 g/mol. The maximum atomic E-state index is 10.6. The van der Waals surface area contributed by atoms with Crippen molar-refractivity contribution in [2.45, 2.75) is 13.0 Å². The molecule has 0 bridgehead atoms. The van der Waals surface area contributed by atoms with Gasteiger partial charge in [-0.2, -0.15) is 0 Å². The number of aliphatic carboxylic acids is 1. The van der Waals surface area contributed by atoms with Crippen molar-refractivity contribution in [1.29, 1.82) is 0 Å². The molecule has 0 fully saturated rings. The van der Waals surface area contributed by atoms with Crippen LogP contribution in [-0.2, 0) is 4.79 Å². The zero-order chi connectivity index (χ0) is 10.7. The highest BCUT2D eigenvalue weighted by Gasteiger charge is 2.10. The molecule has 14 heavy (non-hydrogen) atoms. The Kier molecular flexibility index (Phi) is 4.00. The van der Waals surface area contributed by atoms with Gasteiger partial charge in [0.25, 0.3) is 0 Å². The van der Waals surface area contributed by atoms with Gasteiger partial charge in [-0.15, -0.1) is 0 Å². The molecule has 0 unspecified atom stereocenters. The van der Waals surface area contributed by atoms with Crippen LogP contribution in [0.2, 0.25) is 5.02 Å². The largest absolute Gasteiger partial charge is 0.480 e. The van der Waals surface area contributed by atoms with Gasteiger partial charge in [-0.05, 0) is 47.7 Å². The number of carbonyl (C=O) groups is 1. The van der Waals surface area contributed by atoms with Crippen LogP contribution >= 0.6 is 34.2 Å². The smallest absolute Gasteiger partial charge is 0.325 e. The molecule has 0 radical (unpaired) electrons. The number of nitrogens with one attached hydrogen (secondary N) is 1. The van der Waals surface area contributed by atoms with E-state index in [-0.39, 0.29) is 0 Å². The molecule has 0 aliphatic rings. The van der Waals surface area contributed by atoms with E-state index in [1.54, 1.807) is 19.1 Å². The molecule has 1 aromatic rings. The summed E-state index contributed by atoms with van der Waals surface area (Å²) < 4.78 is 0.942. The molecule has 0 heterocycles. The summed E-state index contributed by atoms with van der Waals surface area (Å²) in [6.07, 6.45) is 0. The van der Waals surface area contributed by atoms with Crippen LogP contribution in [0.15, 0.2) is 18.2 Å². The third-order valence-corrected chi connectivity index (χ3v) is 3.25. The van der Waals surface area contributed by atoms with Gasteiger partial charge < -0.3 is 10.4 Å². The van der Waals surface area contributed by atoms with Gasteiger partial charge in [-0.3, -0.25) is 4.79 Å². The minimum absolute atomic E-state index is 0.619. The quantitative estimate of drug-likeness (QED) is 0.840. The average molecular weight is 326 g/mol. The van der Waals surface area contributed by atoms with Gasteiger partial charge in [0.2, 0.25) is 0 Å². The molecule has 0 saturated carbocycles.